The zero-order valence-electron chi connectivity index (χ0n) is 29.1. The van der Waals surface area contributed by atoms with Gasteiger partial charge in [0.1, 0.15) is 0 Å². The fraction of sp³-hybridized carbons (Fsp3) is 0.459. The van der Waals surface area contributed by atoms with Crippen LogP contribution in [0, 0.1) is 13.8 Å². The maximum absolute atomic E-state index is 12.4. The molecule has 4 rings (SSSR count). The highest BCUT2D eigenvalue weighted by Gasteiger charge is 2.16. The third-order valence-electron chi connectivity index (χ3n) is 7.73. The highest BCUT2D eigenvalue weighted by atomic mass is 16.5. The summed E-state index contributed by atoms with van der Waals surface area (Å²) >= 11 is 0. The molecule has 14 heteroatoms. The Balaban J connectivity index is 0.000000788. The van der Waals surface area contributed by atoms with Gasteiger partial charge in [-0.2, -0.15) is 0 Å². The van der Waals surface area contributed by atoms with Crippen molar-refractivity contribution in [3.63, 3.8) is 0 Å². The van der Waals surface area contributed by atoms with Gasteiger partial charge in [0.2, 0.25) is 5.91 Å². The Morgan fingerprint density at radius 3 is 1.78 bits per heavy atom. The van der Waals surface area contributed by atoms with Crippen LogP contribution >= 0.6 is 0 Å². The lowest BCUT2D eigenvalue weighted by Crippen LogP contribution is -2.34. The van der Waals surface area contributed by atoms with Crippen molar-refractivity contribution < 1.29 is 34.2 Å². The fourth-order valence-corrected chi connectivity index (χ4v) is 5.17. The van der Waals surface area contributed by atoms with Crippen LogP contribution in [-0.2, 0) is 14.3 Å². The van der Waals surface area contributed by atoms with Gasteiger partial charge in [-0.1, -0.05) is 51.3 Å². The van der Waals surface area contributed by atoms with Crippen molar-refractivity contribution in [1.82, 2.24) is 30.6 Å². The number of aromatic carboxylic acids is 1. The quantitative estimate of drug-likeness (QED) is 0.0514. The van der Waals surface area contributed by atoms with E-state index in [1.165, 1.54) is 7.11 Å². The van der Waals surface area contributed by atoms with Gasteiger partial charge in [-0.3, -0.25) is 19.6 Å². The molecule has 0 bridgehead atoms. The second kappa shape index (κ2) is 24.4. The van der Waals surface area contributed by atoms with Crippen LogP contribution in [0.1, 0.15) is 72.6 Å². The van der Waals surface area contributed by atoms with Gasteiger partial charge >= 0.3 is 11.9 Å². The molecule has 0 atom stereocenters. The monoisotopic (exact) mass is 713 g/mol. The minimum absolute atomic E-state index is 0. The minimum Gasteiger partial charge on any atom is -0.478 e. The highest BCUT2D eigenvalue weighted by molar-refractivity contribution is 6.08. The molecule has 2 amide bonds. The van der Waals surface area contributed by atoms with E-state index in [0.717, 1.165) is 53.6 Å². The van der Waals surface area contributed by atoms with E-state index >= 15 is 0 Å². The number of amides is 2. The van der Waals surface area contributed by atoms with Crippen molar-refractivity contribution in [1.29, 1.82) is 0 Å². The first-order chi connectivity index (χ1) is 23.4. The van der Waals surface area contributed by atoms with Gasteiger partial charge in [-0.15, -0.1) is 0 Å². The Kier molecular flexibility index (Phi) is 22.1. The minimum atomic E-state index is -0.880. The molecule has 0 radical (unpaired) electrons. The van der Waals surface area contributed by atoms with Crippen molar-refractivity contribution in [3.8, 4) is 0 Å². The first-order valence-electron chi connectivity index (χ1n) is 16.2. The Labute approximate surface area is 301 Å². The Bertz CT molecular complexity index is 1650. The van der Waals surface area contributed by atoms with Crippen LogP contribution in [0.15, 0.2) is 48.5 Å². The van der Waals surface area contributed by atoms with Crippen LogP contribution in [0.4, 0.5) is 0 Å². The lowest BCUT2D eigenvalue weighted by Gasteiger charge is -2.16. The topological polar surface area (TPSA) is 206 Å². The summed E-state index contributed by atoms with van der Waals surface area (Å²) in [4.78, 5) is 55.3. The van der Waals surface area contributed by atoms with E-state index in [0.29, 0.717) is 49.3 Å². The molecule has 0 aliphatic heterocycles. The normalized spacial score (nSPS) is 10.3. The zero-order valence-corrected chi connectivity index (χ0v) is 29.1. The number of likely N-dealkylation sites (N-methyl/N-ethyl adjacent to an activating group) is 2. The summed E-state index contributed by atoms with van der Waals surface area (Å²) in [6.07, 6.45) is 2.26. The van der Waals surface area contributed by atoms with Gasteiger partial charge in [-0.05, 0) is 66.0 Å². The van der Waals surface area contributed by atoms with Crippen molar-refractivity contribution in [2.45, 2.75) is 54.4 Å². The molecule has 51 heavy (non-hydrogen) atoms. The van der Waals surface area contributed by atoms with Crippen LogP contribution in [-0.4, -0.2) is 114 Å². The van der Waals surface area contributed by atoms with Crippen LogP contribution in [0.2, 0.25) is 0 Å². The second-order valence-corrected chi connectivity index (χ2v) is 11.6. The number of rotatable bonds is 15. The molecule has 14 nitrogen and oxygen atoms in total. The van der Waals surface area contributed by atoms with Crippen molar-refractivity contribution in [3.05, 3.63) is 71.0 Å². The van der Waals surface area contributed by atoms with Crippen molar-refractivity contribution in [2.75, 3.05) is 60.5 Å². The predicted molar refractivity (Wildman–Crippen MR) is 203 cm³/mol. The van der Waals surface area contributed by atoms with Crippen LogP contribution in [0.3, 0.4) is 0 Å². The number of benzene rings is 2. The predicted octanol–water partition coefficient (Wildman–Crippen LogP) is 4.70. The molecule has 0 saturated carbocycles. The molecule has 8 N–H and O–H groups in total. The summed E-state index contributed by atoms with van der Waals surface area (Å²) in [5.74, 6) is -1.49. The summed E-state index contributed by atoms with van der Waals surface area (Å²) < 4.78 is 4.51. The SMILES string of the molecule is C.C.COC(=O)CCCN(C)CCN.Cc1[nH]c2ccccc2c1C(=O)NCCN(C)CCCC(=O)NO.Cc1[nH]c2ccccc2c1C(=O)O. The Morgan fingerprint density at radius 2 is 1.27 bits per heavy atom. The molecule has 2 heterocycles. The molecule has 2 aromatic heterocycles. The third-order valence-corrected chi connectivity index (χ3v) is 7.73. The number of aryl methyl sites for hydroxylation is 2. The van der Waals surface area contributed by atoms with E-state index in [-0.39, 0.29) is 39.1 Å². The molecule has 0 aliphatic carbocycles. The number of nitrogens with two attached hydrogens (primary N) is 1. The van der Waals surface area contributed by atoms with E-state index in [1.807, 2.05) is 74.4 Å². The number of H-pyrrole nitrogens is 2. The van der Waals surface area contributed by atoms with E-state index in [9.17, 15) is 19.2 Å². The largest absolute Gasteiger partial charge is 0.478 e. The van der Waals surface area contributed by atoms with Gasteiger partial charge < -0.3 is 40.7 Å². The molecule has 4 aromatic rings. The van der Waals surface area contributed by atoms with E-state index in [2.05, 4.69) is 24.9 Å². The number of carboxylic acid groups (broad SMARTS) is 1. The molecule has 284 valence electrons. The Morgan fingerprint density at radius 1 is 0.784 bits per heavy atom. The number of para-hydroxylation sites is 2. The van der Waals surface area contributed by atoms with Gasteiger partial charge in [0.15, 0.2) is 0 Å². The molecule has 0 unspecified atom stereocenters. The maximum atomic E-state index is 12.4. The number of carbonyl (C=O) groups excluding carboxylic acids is 3. The van der Waals surface area contributed by atoms with Gasteiger partial charge in [0, 0.05) is 72.2 Å². The molecular formula is C37H59N7O7. The molecule has 0 aliphatic rings. The first kappa shape index (κ1) is 46.2. The fourth-order valence-electron chi connectivity index (χ4n) is 5.17. The average molecular weight is 714 g/mol. The number of hydroxylamine groups is 1. The summed E-state index contributed by atoms with van der Waals surface area (Å²) in [7, 11) is 5.33. The number of aromatic nitrogens is 2. The van der Waals surface area contributed by atoms with E-state index in [4.69, 9.17) is 16.0 Å². The number of nitrogens with zero attached hydrogens (tertiary/aromatic N) is 2. The number of nitrogens with one attached hydrogen (secondary N) is 4. The van der Waals surface area contributed by atoms with E-state index in [1.54, 1.807) is 12.4 Å². The third kappa shape index (κ3) is 15.3. The van der Waals surface area contributed by atoms with E-state index < -0.39 is 5.97 Å². The average Bonchev–Trinajstić information content (AvgIpc) is 3.60. The number of carbonyl (C=O) groups is 4. The lowest BCUT2D eigenvalue weighted by molar-refractivity contribution is -0.140. The second-order valence-electron chi connectivity index (χ2n) is 11.6. The lowest BCUT2D eigenvalue weighted by atomic mass is 10.1. The van der Waals surface area contributed by atoms with Gasteiger partial charge in [0.25, 0.3) is 5.91 Å². The summed E-state index contributed by atoms with van der Waals surface area (Å²) in [6.45, 7) is 8.03. The number of fused-ring (bicyclic) bond motifs is 2. The number of carboxylic acids is 1. The smallest absolute Gasteiger partial charge is 0.338 e. The van der Waals surface area contributed by atoms with Crippen LogP contribution < -0.4 is 16.5 Å². The standard InChI is InChI=1S/C17H24N4O3.C10H9NO2.C8H18N2O2.2CH4/c1-12-16(13-6-3-4-7-14(13)19-12)17(23)18-9-11-21(2)10-5-8-15(22)20-24;1-6-9(10(12)13)7-4-2-3-5-8(7)11-6;1-10(7-5-9)6-3-4-8(11)12-2;;/h3-4,6-7,19,24H,5,8-11H2,1-2H3,(H,18,23)(H,20,22);2-5,11H,1H3,(H,12,13);3-7,9H2,1-2H3;2*1H4. The zero-order chi connectivity index (χ0) is 36.3. The first-order valence-corrected chi connectivity index (χ1v) is 16.2. The highest BCUT2D eigenvalue weighted by Crippen LogP contribution is 2.22. The van der Waals surface area contributed by atoms with Gasteiger partial charge in [0.05, 0.1) is 18.2 Å². The number of methoxy groups -OCH3 is 1. The summed E-state index contributed by atoms with van der Waals surface area (Å²) in [5, 5.41) is 22.0. The van der Waals surface area contributed by atoms with Gasteiger partial charge in [-0.25, -0.2) is 10.3 Å². The van der Waals surface area contributed by atoms with Crippen LogP contribution in [0.25, 0.3) is 21.8 Å². The van der Waals surface area contributed by atoms with Crippen molar-refractivity contribution >= 4 is 45.6 Å². The number of esters is 1. The summed E-state index contributed by atoms with van der Waals surface area (Å²) in [5.41, 5.74) is 11.4. The molecule has 2 aromatic carbocycles. The number of hydrogen-bond donors (Lipinski definition) is 7. The summed E-state index contributed by atoms with van der Waals surface area (Å²) in [6, 6.07) is 15.1. The molecule has 0 spiro atoms. The van der Waals surface area contributed by atoms with Crippen molar-refractivity contribution in [2.24, 2.45) is 5.73 Å². The number of hydrogen-bond acceptors (Lipinski definition) is 9. The maximum Gasteiger partial charge on any atom is 0.338 e. The Hall–Kier alpha value is -4.76. The molecule has 0 fully saturated rings. The number of ether oxygens (including phenoxy) is 1. The molecule has 0 saturated heterocycles. The molecular weight excluding hydrogens is 654 g/mol. The van der Waals surface area contributed by atoms with Crippen LogP contribution in [0.5, 0.6) is 0 Å². The number of aromatic amines is 2.